The fourth-order valence-electron chi connectivity index (χ4n) is 1.73. The van der Waals surface area contributed by atoms with Gasteiger partial charge in [-0.1, -0.05) is 0 Å². The normalized spacial score (nSPS) is 11.2. The van der Waals surface area contributed by atoms with Gasteiger partial charge in [-0.2, -0.15) is 13.2 Å². The highest BCUT2D eigenvalue weighted by atomic mass is 19.4. The summed E-state index contributed by atoms with van der Waals surface area (Å²) in [7, 11) is 1.47. The van der Waals surface area contributed by atoms with E-state index in [0.717, 1.165) is 12.1 Å². The first-order chi connectivity index (χ1) is 9.91. The summed E-state index contributed by atoms with van der Waals surface area (Å²) in [6, 6.07) is 6.41. The fraction of sp³-hybridized carbons (Fsp3) is 0.214. The van der Waals surface area contributed by atoms with Crippen LogP contribution in [0.4, 0.5) is 18.9 Å². The van der Waals surface area contributed by atoms with Crippen molar-refractivity contribution in [2.45, 2.75) is 12.8 Å². The summed E-state index contributed by atoms with van der Waals surface area (Å²) >= 11 is 0. The maximum absolute atomic E-state index is 12.5. The minimum absolute atomic E-state index is 0.0762. The largest absolute Gasteiger partial charge is 0.487 e. The van der Waals surface area contributed by atoms with Gasteiger partial charge < -0.3 is 15.2 Å². The second-order valence-corrected chi connectivity index (χ2v) is 4.21. The minimum atomic E-state index is -4.43. The molecule has 21 heavy (non-hydrogen) atoms. The standard InChI is InChI=1S/C14H13F3N2O2/c1-20-13-9(3-2-6-19-13)8-21-12-5-4-10(7-11(12)18)14(15,16)17/h2-7H,8,18H2,1H3. The lowest BCUT2D eigenvalue weighted by molar-refractivity contribution is -0.137. The number of pyridine rings is 1. The van der Waals surface area contributed by atoms with Crippen LogP contribution in [-0.4, -0.2) is 12.1 Å². The summed E-state index contributed by atoms with van der Waals surface area (Å²) in [6.07, 6.45) is -2.87. The lowest BCUT2D eigenvalue weighted by Crippen LogP contribution is -2.07. The van der Waals surface area contributed by atoms with Gasteiger partial charge in [0.05, 0.1) is 23.9 Å². The number of anilines is 1. The number of aromatic nitrogens is 1. The Bertz CT molecular complexity index is 630. The molecule has 0 aliphatic rings. The molecule has 0 bridgehead atoms. The van der Waals surface area contributed by atoms with Crippen LogP contribution in [0.2, 0.25) is 0 Å². The van der Waals surface area contributed by atoms with Crippen LogP contribution in [0.25, 0.3) is 0 Å². The van der Waals surface area contributed by atoms with E-state index in [4.69, 9.17) is 15.2 Å². The highest BCUT2D eigenvalue weighted by molar-refractivity contribution is 5.54. The molecule has 0 unspecified atom stereocenters. The number of rotatable bonds is 4. The smallest absolute Gasteiger partial charge is 0.416 e. The van der Waals surface area contributed by atoms with E-state index in [0.29, 0.717) is 11.4 Å². The predicted molar refractivity (Wildman–Crippen MR) is 71.0 cm³/mol. The molecule has 4 nitrogen and oxygen atoms in total. The van der Waals surface area contributed by atoms with Crippen molar-refractivity contribution in [1.29, 1.82) is 0 Å². The molecule has 0 radical (unpaired) electrons. The molecule has 2 N–H and O–H groups in total. The van der Waals surface area contributed by atoms with Gasteiger partial charge in [0.2, 0.25) is 5.88 Å². The Balaban J connectivity index is 2.14. The van der Waals surface area contributed by atoms with Gasteiger partial charge in [0.1, 0.15) is 12.4 Å². The van der Waals surface area contributed by atoms with Gasteiger partial charge in [0, 0.05) is 6.20 Å². The molecule has 0 amide bonds. The summed E-state index contributed by atoms with van der Waals surface area (Å²) in [6.45, 7) is 0.0899. The summed E-state index contributed by atoms with van der Waals surface area (Å²) in [4.78, 5) is 4.00. The molecule has 7 heteroatoms. The Morgan fingerprint density at radius 3 is 2.62 bits per heavy atom. The number of benzene rings is 1. The van der Waals surface area contributed by atoms with Gasteiger partial charge in [0.25, 0.3) is 0 Å². The van der Waals surface area contributed by atoms with Gasteiger partial charge in [0.15, 0.2) is 0 Å². The van der Waals surface area contributed by atoms with Crippen molar-refractivity contribution in [3.63, 3.8) is 0 Å². The van der Waals surface area contributed by atoms with E-state index in [1.165, 1.54) is 13.2 Å². The van der Waals surface area contributed by atoms with E-state index in [9.17, 15) is 13.2 Å². The van der Waals surface area contributed by atoms with E-state index < -0.39 is 11.7 Å². The Morgan fingerprint density at radius 2 is 2.00 bits per heavy atom. The second-order valence-electron chi connectivity index (χ2n) is 4.21. The quantitative estimate of drug-likeness (QED) is 0.880. The zero-order valence-electron chi connectivity index (χ0n) is 11.1. The monoisotopic (exact) mass is 298 g/mol. The number of hydrogen-bond donors (Lipinski definition) is 1. The first kappa shape index (κ1) is 15.0. The van der Waals surface area contributed by atoms with Gasteiger partial charge >= 0.3 is 6.18 Å². The molecule has 0 saturated carbocycles. The Hall–Kier alpha value is -2.44. The van der Waals surface area contributed by atoms with Gasteiger partial charge in [-0.15, -0.1) is 0 Å². The van der Waals surface area contributed by atoms with Crippen LogP contribution in [0.1, 0.15) is 11.1 Å². The van der Waals surface area contributed by atoms with Gasteiger partial charge in [-0.05, 0) is 30.3 Å². The van der Waals surface area contributed by atoms with Crippen LogP contribution in [-0.2, 0) is 12.8 Å². The van der Waals surface area contributed by atoms with Crippen molar-refractivity contribution in [3.05, 3.63) is 47.7 Å². The van der Waals surface area contributed by atoms with Crippen molar-refractivity contribution < 1.29 is 22.6 Å². The van der Waals surface area contributed by atoms with Crippen LogP contribution in [0.5, 0.6) is 11.6 Å². The zero-order valence-corrected chi connectivity index (χ0v) is 11.1. The van der Waals surface area contributed by atoms with E-state index >= 15 is 0 Å². The lowest BCUT2D eigenvalue weighted by Gasteiger charge is -2.13. The Labute approximate surface area is 119 Å². The fourth-order valence-corrected chi connectivity index (χ4v) is 1.73. The highest BCUT2D eigenvalue weighted by Crippen LogP contribution is 2.34. The molecule has 112 valence electrons. The topological polar surface area (TPSA) is 57.4 Å². The summed E-state index contributed by atoms with van der Waals surface area (Å²) < 4.78 is 48.1. The third-order valence-electron chi connectivity index (χ3n) is 2.76. The molecule has 0 aliphatic carbocycles. The minimum Gasteiger partial charge on any atom is -0.487 e. The van der Waals surface area contributed by atoms with Gasteiger partial charge in [-0.25, -0.2) is 4.98 Å². The highest BCUT2D eigenvalue weighted by Gasteiger charge is 2.30. The number of ether oxygens (including phenoxy) is 2. The van der Waals surface area contributed by atoms with Crippen LogP contribution < -0.4 is 15.2 Å². The zero-order chi connectivity index (χ0) is 15.5. The van der Waals surface area contributed by atoms with Crippen LogP contribution in [0, 0.1) is 0 Å². The Morgan fingerprint density at radius 1 is 1.24 bits per heavy atom. The van der Waals surface area contributed by atoms with Crippen molar-refractivity contribution in [1.82, 2.24) is 4.98 Å². The van der Waals surface area contributed by atoms with Gasteiger partial charge in [-0.3, -0.25) is 0 Å². The van der Waals surface area contributed by atoms with E-state index in [1.54, 1.807) is 18.3 Å². The molecule has 1 heterocycles. The molecular weight excluding hydrogens is 285 g/mol. The average Bonchev–Trinajstić information content (AvgIpc) is 2.45. The molecule has 2 rings (SSSR count). The Kier molecular flexibility index (Phi) is 4.21. The molecule has 0 aliphatic heterocycles. The molecule has 1 aromatic carbocycles. The number of methoxy groups -OCH3 is 1. The van der Waals surface area contributed by atoms with Crippen molar-refractivity contribution in [2.75, 3.05) is 12.8 Å². The average molecular weight is 298 g/mol. The number of alkyl halides is 3. The molecule has 0 fully saturated rings. The number of nitrogens with zero attached hydrogens (tertiary/aromatic N) is 1. The van der Waals surface area contributed by atoms with Crippen LogP contribution >= 0.6 is 0 Å². The molecule has 1 aromatic heterocycles. The van der Waals surface area contributed by atoms with Crippen molar-refractivity contribution >= 4 is 5.69 Å². The number of halogens is 3. The van der Waals surface area contributed by atoms with Crippen LogP contribution in [0.15, 0.2) is 36.5 Å². The third kappa shape index (κ3) is 3.56. The number of hydrogen-bond acceptors (Lipinski definition) is 4. The summed E-state index contributed by atoms with van der Waals surface area (Å²) in [5.41, 5.74) is 5.36. The van der Waals surface area contributed by atoms with E-state index in [1.807, 2.05) is 0 Å². The first-order valence-electron chi connectivity index (χ1n) is 5.99. The summed E-state index contributed by atoms with van der Waals surface area (Å²) in [5.74, 6) is 0.567. The molecule has 0 spiro atoms. The van der Waals surface area contributed by atoms with E-state index in [2.05, 4.69) is 4.98 Å². The predicted octanol–water partition coefficient (Wildman–Crippen LogP) is 3.27. The summed E-state index contributed by atoms with van der Waals surface area (Å²) in [5, 5.41) is 0. The molecule has 0 atom stereocenters. The van der Waals surface area contributed by atoms with Crippen molar-refractivity contribution in [3.8, 4) is 11.6 Å². The maximum atomic E-state index is 12.5. The van der Waals surface area contributed by atoms with Crippen LogP contribution in [0.3, 0.4) is 0 Å². The first-order valence-corrected chi connectivity index (χ1v) is 5.99. The van der Waals surface area contributed by atoms with Crippen molar-refractivity contribution in [2.24, 2.45) is 0 Å². The number of nitrogen functional groups attached to an aromatic ring is 1. The number of nitrogens with two attached hydrogens (primary N) is 1. The maximum Gasteiger partial charge on any atom is 0.416 e. The lowest BCUT2D eigenvalue weighted by atomic mass is 10.2. The molecule has 2 aromatic rings. The molecule has 0 saturated heterocycles. The SMILES string of the molecule is COc1ncccc1COc1ccc(C(F)(F)F)cc1N. The third-order valence-corrected chi connectivity index (χ3v) is 2.76. The second kappa shape index (κ2) is 5.90. The van der Waals surface area contributed by atoms with E-state index in [-0.39, 0.29) is 18.0 Å². The molecular formula is C14H13F3N2O2.